The van der Waals surface area contributed by atoms with Crippen molar-refractivity contribution in [2.45, 2.75) is 45.6 Å². The molecule has 1 aromatic rings. The second kappa shape index (κ2) is 4.97. The predicted octanol–water partition coefficient (Wildman–Crippen LogP) is 4.08. The highest BCUT2D eigenvalue weighted by molar-refractivity contribution is 5.58. The van der Waals surface area contributed by atoms with E-state index >= 15 is 0 Å². The Morgan fingerprint density at radius 3 is 2.83 bits per heavy atom. The van der Waals surface area contributed by atoms with Crippen molar-refractivity contribution in [2.24, 2.45) is 5.41 Å². The highest BCUT2D eigenvalue weighted by atomic mass is 19.1. The van der Waals surface area contributed by atoms with E-state index < -0.39 is 5.82 Å². The summed E-state index contributed by atoms with van der Waals surface area (Å²) in [4.78, 5) is 0. The van der Waals surface area contributed by atoms with Crippen LogP contribution in [0.2, 0.25) is 0 Å². The van der Waals surface area contributed by atoms with Crippen LogP contribution in [0.5, 0.6) is 0 Å². The monoisotopic (exact) mass is 246 g/mol. The van der Waals surface area contributed by atoms with Gasteiger partial charge >= 0.3 is 0 Å². The second-order valence-electron chi connectivity index (χ2n) is 5.71. The molecule has 0 radical (unpaired) electrons. The van der Waals surface area contributed by atoms with Crippen LogP contribution in [0, 0.1) is 22.6 Å². The van der Waals surface area contributed by atoms with Crippen molar-refractivity contribution >= 4 is 5.69 Å². The van der Waals surface area contributed by atoms with Crippen LogP contribution in [0.1, 0.15) is 45.1 Å². The van der Waals surface area contributed by atoms with Crippen molar-refractivity contribution in [1.82, 2.24) is 0 Å². The summed E-state index contributed by atoms with van der Waals surface area (Å²) in [6, 6.07) is 7.01. The first kappa shape index (κ1) is 12.9. The number of rotatable bonds is 2. The first-order valence-electron chi connectivity index (χ1n) is 6.50. The minimum Gasteiger partial charge on any atom is -0.381 e. The molecule has 0 saturated heterocycles. The first-order valence-corrected chi connectivity index (χ1v) is 6.50. The van der Waals surface area contributed by atoms with E-state index in [1.807, 2.05) is 6.07 Å². The molecule has 0 aromatic heterocycles. The van der Waals surface area contributed by atoms with Crippen molar-refractivity contribution in [3.63, 3.8) is 0 Å². The lowest BCUT2D eigenvalue weighted by atomic mass is 9.73. The molecule has 1 atom stereocenters. The van der Waals surface area contributed by atoms with Gasteiger partial charge in [-0.05, 0) is 30.4 Å². The van der Waals surface area contributed by atoms with Crippen molar-refractivity contribution < 1.29 is 4.39 Å². The van der Waals surface area contributed by atoms with Crippen molar-refractivity contribution in [3.05, 3.63) is 29.6 Å². The lowest BCUT2D eigenvalue weighted by Crippen LogP contribution is -2.39. The van der Waals surface area contributed by atoms with Gasteiger partial charge in [0.1, 0.15) is 17.4 Å². The van der Waals surface area contributed by atoms with Gasteiger partial charge in [-0.2, -0.15) is 5.26 Å². The van der Waals surface area contributed by atoms with Gasteiger partial charge in [0.05, 0.1) is 5.69 Å². The van der Waals surface area contributed by atoms with Crippen LogP contribution in [0.25, 0.3) is 0 Å². The smallest absolute Gasteiger partial charge is 0.143 e. The number of nitrogens with zero attached hydrogens (tertiary/aromatic N) is 1. The number of benzene rings is 1. The van der Waals surface area contributed by atoms with Crippen molar-refractivity contribution in [2.75, 3.05) is 5.32 Å². The molecule has 96 valence electrons. The fourth-order valence-electron chi connectivity index (χ4n) is 2.71. The predicted molar refractivity (Wildman–Crippen MR) is 70.8 cm³/mol. The molecule has 1 unspecified atom stereocenters. The van der Waals surface area contributed by atoms with Gasteiger partial charge in [0, 0.05) is 6.04 Å². The molecule has 1 aromatic carbocycles. The number of nitrogens with one attached hydrogen (secondary N) is 1. The number of hydrogen-bond acceptors (Lipinski definition) is 2. The molecule has 2 rings (SSSR count). The fraction of sp³-hybridized carbons (Fsp3) is 0.533. The summed E-state index contributed by atoms with van der Waals surface area (Å²) in [6.07, 6.45) is 4.69. The molecule has 3 heteroatoms. The molecule has 0 heterocycles. The van der Waals surface area contributed by atoms with Gasteiger partial charge in [-0.25, -0.2) is 4.39 Å². The molecule has 0 amide bonds. The number of anilines is 1. The molecular weight excluding hydrogens is 227 g/mol. The standard InChI is InChI=1S/C15H19FN2/c1-15(2)9-4-3-8-14(15)18-13-7-5-6-12(16)11(13)10-17/h5-7,14,18H,3-4,8-9H2,1-2H3. The van der Waals surface area contributed by atoms with Crippen LogP contribution in [0.4, 0.5) is 10.1 Å². The minimum atomic E-state index is -0.448. The fourth-order valence-corrected chi connectivity index (χ4v) is 2.71. The number of halogens is 1. The summed E-state index contributed by atoms with van der Waals surface area (Å²) in [6.45, 7) is 4.46. The lowest BCUT2D eigenvalue weighted by molar-refractivity contribution is 0.217. The second-order valence-corrected chi connectivity index (χ2v) is 5.71. The van der Waals surface area contributed by atoms with E-state index in [0.29, 0.717) is 11.7 Å². The van der Waals surface area contributed by atoms with Gasteiger partial charge in [0.15, 0.2) is 0 Å². The third-order valence-electron chi connectivity index (χ3n) is 3.96. The van der Waals surface area contributed by atoms with E-state index in [1.54, 1.807) is 12.1 Å². The zero-order valence-electron chi connectivity index (χ0n) is 11.0. The Morgan fingerprint density at radius 2 is 2.17 bits per heavy atom. The van der Waals surface area contributed by atoms with Crippen molar-refractivity contribution in [3.8, 4) is 6.07 Å². The molecule has 0 aliphatic heterocycles. The SMILES string of the molecule is CC1(C)CCCCC1Nc1cccc(F)c1C#N. The Hall–Kier alpha value is -1.56. The number of hydrogen-bond donors (Lipinski definition) is 1. The summed E-state index contributed by atoms with van der Waals surface area (Å²) >= 11 is 0. The largest absolute Gasteiger partial charge is 0.381 e. The summed E-state index contributed by atoms with van der Waals surface area (Å²) in [5.74, 6) is -0.448. The maximum atomic E-state index is 13.5. The third kappa shape index (κ3) is 2.48. The third-order valence-corrected chi connectivity index (χ3v) is 3.96. The van der Waals surface area contributed by atoms with Gasteiger partial charge in [0.25, 0.3) is 0 Å². The Kier molecular flexibility index (Phi) is 3.56. The average molecular weight is 246 g/mol. The molecule has 0 spiro atoms. The Morgan fingerprint density at radius 1 is 1.39 bits per heavy atom. The molecular formula is C15H19FN2. The van der Waals surface area contributed by atoms with E-state index in [1.165, 1.54) is 25.3 Å². The molecule has 1 fully saturated rings. The lowest BCUT2D eigenvalue weighted by Gasteiger charge is -2.39. The molecule has 0 bridgehead atoms. The van der Waals surface area contributed by atoms with E-state index in [-0.39, 0.29) is 11.0 Å². The molecule has 1 aliphatic rings. The summed E-state index contributed by atoms with van der Waals surface area (Å²) in [7, 11) is 0. The van der Waals surface area contributed by atoms with Gasteiger partial charge in [-0.1, -0.05) is 32.8 Å². The zero-order chi connectivity index (χ0) is 13.2. The van der Waals surface area contributed by atoms with Crippen molar-refractivity contribution in [1.29, 1.82) is 5.26 Å². The van der Waals surface area contributed by atoms with Crippen LogP contribution in [0.3, 0.4) is 0 Å². The molecule has 2 nitrogen and oxygen atoms in total. The normalized spacial score (nSPS) is 22.2. The highest BCUT2D eigenvalue weighted by Gasteiger charge is 2.32. The van der Waals surface area contributed by atoms with E-state index in [9.17, 15) is 4.39 Å². The molecule has 18 heavy (non-hydrogen) atoms. The summed E-state index contributed by atoms with van der Waals surface area (Å²) in [5, 5.41) is 12.4. The maximum absolute atomic E-state index is 13.5. The Balaban J connectivity index is 2.24. The van der Waals surface area contributed by atoms with Crippen LogP contribution < -0.4 is 5.32 Å². The first-order chi connectivity index (χ1) is 8.54. The number of nitriles is 1. The van der Waals surface area contributed by atoms with E-state index in [0.717, 1.165) is 6.42 Å². The Labute approximate surface area is 108 Å². The highest BCUT2D eigenvalue weighted by Crippen LogP contribution is 2.37. The van der Waals surface area contributed by atoms with Crippen LogP contribution in [-0.4, -0.2) is 6.04 Å². The van der Waals surface area contributed by atoms with Crippen LogP contribution >= 0.6 is 0 Å². The van der Waals surface area contributed by atoms with Crippen LogP contribution in [-0.2, 0) is 0 Å². The molecule has 1 saturated carbocycles. The zero-order valence-corrected chi connectivity index (χ0v) is 11.0. The Bertz CT molecular complexity index is 474. The minimum absolute atomic E-state index is 0.124. The quantitative estimate of drug-likeness (QED) is 0.853. The van der Waals surface area contributed by atoms with Gasteiger partial charge < -0.3 is 5.32 Å². The maximum Gasteiger partial charge on any atom is 0.143 e. The van der Waals surface area contributed by atoms with E-state index in [4.69, 9.17) is 5.26 Å². The van der Waals surface area contributed by atoms with Gasteiger partial charge in [-0.15, -0.1) is 0 Å². The van der Waals surface area contributed by atoms with E-state index in [2.05, 4.69) is 19.2 Å². The summed E-state index contributed by atoms with van der Waals surface area (Å²) < 4.78 is 13.5. The molecule has 1 N–H and O–H groups in total. The molecule has 1 aliphatic carbocycles. The topological polar surface area (TPSA) is 35.8 Å². The van der Waals surface area contributed by atoms with Gasteiger partial charge in [-0.3, -0.25) is 0 Å². The van der Waals surface area contributed by atoms with Gasteiger partial charge in [0.2, 0.25) is 0 Å². The summed E-state index contributed by atoms with van der Waals surface area (Å²) in [5.41, 5.74) is 0.938. The van der Waals surface area contributed by atoms with Crippen LogP contribution in [0.15, 0.2) is 18.2 Å². The average Bonchev–Trinajstić information content (AvgIpc) is 2.32.